The van der Waals surface area contributed by atoms with E-state index in [-0.39, 0.29) is 0 Å². The van der Waals surface area contributed by atoms with E-state index in [0.717, 1.165) is 0 Å². The van der Waals surface area contributed by atoms with Crippen LogP contribution in [0.15, 0.2) is 0 Å². The maximum atomic E-state index is 12.4. The Morgan fingerprint density at radius 1 is 0.846 bits per heavy atom. The summed E-state index contributed by atoms with van der Waals surface area (Å²) in [4.78, 5) is 0. The first-order chi connectivity index (χ1) is 5.68. The Bertz CT molecular complexity index is 364. The SMILES string of the molecule is O=S1(=O)[N-]S(=O)(=O)C(F)C(F)C1F. The summed E-state index contributed by atoms with van der Waals surface area (Å²) in [6.07, 6.45) is -3.24. The monoisotopic (exact) mass is 238 g/mol. The summed E-state index contributed by atoms with van der Waals surface area (Å²) in [6, 6.07) is 0. The van der Waals surface area contributed by atoms with Gasteiger partial charge < -0.3 is 4.13 Å². The minimum absolute atomic E-state index is 1.91. The second-order valence-electron chi connectivity index (χ2n) is 2.25. The molecular formula is C3H3F3NO4S2-. The Morgan fingerprint density at radius 2 is 1.15 bits per heavy atom. The highest BCUT2D eigenvalue weighted by atomic mass is 32.3. The first-order valence-corrected chi connectivity index (χ1v) is 5.83. The van der Waals surface area contributed by atoms with Crippen molar-refractivity contribution in [2.45, 2.75) is 17.2 Å². The summed E-state index contributed by atoms with van der Waals surface area (Å²) in [5, 5.41) is 0. The molecule has 5 nitrogen and oxygen atoms in total. The van der Waals surface area contributed by atoms with Gasteiger partial charge in [0.25, 0.3) is 0 Å². The topological polar surface area (TPSA) is 82.4 Å². The maximum Gasteiger partial charge on any atom is 0.219 e. The van der Waals surface area contributed by atoms with Gasteiger partial charge in [0.15, 0.2) is 6.17 Å². The van der Waals surface area contributed by atoms with Crippen molar-refractivity contribution < 1.29 is 30.0 Å². The number of rotatable bonds is 0. The van der Waals surface area contributed by atoms with Crippen molar-refractivity contribution in [2.75, 3.05) is 0 Å². The van der Waals surface area contributed by atoms with Gasteiger partial charge in [-0.3, -0.25) is 0 Å². The zero-order valence-corrected chi connectivity index (χ0v) is 7.40. The highest BCUT2D eigenvalue weighted by molar-refractivity contribution is 8.13. The van der Waals surface area contributed by atoms with Gasteiger partial charge in [-0.05, 0) is 0 Å². The molecule has 13 heavy (non-hydrogen) atoms. The second kappa shape index (κ2) is 2.82. The lowest BCUT2D eigenvalue weighted by Gasteiger charge is -2.33. The van der Waals surface area contributed by atoms with Gasteiger partial charge >= 0.3 is 0 Å². The highest BCUT2D eigenvalue weighted by Crippen LogP contribution is 2.34. The minimum atomic E-state index is -5.10. The molecule has 0 aromatic heterocycles. The molecule has 0 saturated carbocycles. The quantitative estimate of drug-likeness (QED) is 0.593. The highest BCUT2D eigenvalue weighted by Gasteiger charge is 2.45. The van der Waals surface area contributed by atoms with Crippen LogP contribution in [-0.4, -0.2) is 34.0 Å². The van der Waals surface area contributed by atoms with E-state index in [2.05, 4.69) is 0 Å². The molecule has 2 atom stereocenters. The van der Waals surface area contributed by atoms with E-state index >= 15 is 0 Å². The van der Waals surface area contributed by atoms with Crippen LogP contribution >= 0.6 is 0 Å². The zero-order chi connectivity index (χ0) is 10.4. The average molecular weight is 238 g/mol. The van der Waals surface area contributed by atoms with Crippen LogP contribution in [0.3, 0.4) is 0 Å². The van der Waals surface area contributed by atoms with Crippen LogP contribution in [0.2, 0.25) is 0 Å². The predicted octanol–water partition coefficient (Wildman–Crippen LogP) is -0.0374. The van der Waals surface area contributed by atoms with Crippen LogP contribution in [0.25, 0.3) is 4.13 Å². The Morgan fingerprint density at radius 3 is 1.46 bits per heavy atom. The van der Waals surface area contributed by atoms with Crippen LogP contribution in [0.5, 0.6) is 0 Å². The number of hydrogen-bond donors (Lipinski definition) is 0. The van der Waals surface area contributed by atoms with E-state index in [9.17, 15) is 30.0 Å². The van der Waals surface area contributed by atoms with Gasteiger partial charge in [-0.1, -0.05) is 0 Å². The number of alkyl halides is 3. The van der Waals surface area contributed by atoms with Crippen molar-refractivity contribution in [1.82, 2.24) is 0 Å². The fourth-order valence-corrected chi connectivity index (χ4v) is 3.52. The Hall–Kier alpha value is -0.350. The molecule has 1 aliphatic heterocycles. The van der Waals surface area contributed by atoms with Crippen molar-refractivity contribution in [3.63, 3.8) is 0 Å². The summed E-state index contributed by atoms with van der Waals surface area (Å²) < 4.78 is 80.8. The zero-order valence-electron chi connectivity index (χ0n) is 5.76. The van der Waals surface area contributed by atoms with E-state index in [4.69, 9.17) is 0 Å². The molecule has 0 aliphatic carbocycles. The van der Waals surface area contributed by atoms with Crippen LogP contribution < -0.4 is 0 Å². The van der Waals surface area contributed by atoms with E-state index in [1.807, 2.05) is 4.13 Å². The molecule has 0 radical (unpaired) electrons. The molecule has 1 saturated heterocycles. The lowest BCUT2D eigenvalue weighted by molar-refractivity contribution is 0.160. The molecule has 0 amide bonds. The lowest BCUT2D eigenvalue weighted by atomic mass is 10.5. The van der Waals surface area contributed by atoms with Crippen molar-refractivity contribution in [3.05, 3.63) is 4.13 Å². The standard InChI is InChI=1S/C3H3F3NO4S2/c4-1-2(5)12(8,9)7-13(10,11)3(1)6/h1-3H/q-1. The molecule has 10 heteroatoms. The number of halogens is 3. The molecule has 78 valence electrons. The van der Waals surface area contributed by atoms with Gasteiger partial charge in [0.1, 0.15) is 20.0 Å². The molecule has 2 unspecified atom stereocenters. The third-order valence-electron chi connectivity index (χ3n) is 1.28. The number of hydrogen-bond acceptors (Lipinski definition) is 4. The first-order valence-electron chi connectivity index (χ1n) is 2.82. The van der Waals surface area contributed by atoms with Crippen molar-refractivity contribution in [2.24, 2.45) is 0 Å². The van der Waals surface area contributed by atoms with Crippen molar-refractivity contribution in [1.29, 1.82) is 0 Å². The first kappa shape index (κ1) is 10.7. The largest absolute Gasteiger partial charge is 0.431 e. The van der Waals surface area contributed by atoms with Crippen LogP contribution in [-0.2, 0) is 20.0 Å². The summed E-state index contributed by atoms with van der Waals surface area (Å²) in [6.45, 7) is 0. The van der Waals surface area contributed by atoms with Gasteiger partial charge in [0.05, 0.1) is 0 Å². The molecule has 1 rings (SSSR count). The van der Waals surface area contributed by atoms with Crippen LogP contribution in [0, 0.1) is 0 Å². The summed E-state index contributed by atoms with van der Waals surface area (Å²) in [7, 11) is -10.2. The molecule has 1 heterocycles. The molecule has 0 spiro atoms. The van der Waals surface area contributed by atoms with Crippen molar-refractivity contribution in [3.8, 4) is 0 Å². The summed E-state index contributed by atoms with van der Waals surface area (Å²) >= 11 is 0. The minimum Gasteiger partial charge on any atom is -0.431 e. The molecule has 1 fully saturated rings. The van der Waals surface area contributed by atoms with Crippen LogP contribution in [0.4, 0.5) is 13.2 Å². The Labute approximate surface area is 72.0 Å². The third kappa shape index (κ3) is 1.65. The maximum absolute atomic E-state index is 12.4. The normalized spacial score (nSPS) is 42.8. The van der Waals surface area contributed by atoms with E-state index in [1.165, 1.54) is 0 Å². The van der Waals surface area contributed by atoms with Crippen molar-refractivity contribution >= 4 is 20.0 Å². The van der Waals surface area contributed by atoms with Gasteiger partial charge in [0, 0.05) is 0 Å². The van der Waals surface area contributed by atoms with Crippen LogP contribution in [0.1, 0.15) is 0 Å². The van der Waals surface area contributed by atoms with Gasteiger partial charge in [-0.2, -0.15) is 0 Å². The Balaban J connectivity index is 3.23. The fraction of sp³-hybridized carbons (Fsp3) is 1.00. The predicted molar refractivity (Wildman–Crippen MR) is 35.9 cm³/mol. The average Bonchev–Trinajstić information content (AvgIpc) is 1.96. The second-order valence-corrected chi connectivity index (χ2v) is 5.81. The third-order valence-corrected chi connectivity index (χ3v) is 4.60. The molecule has 1 aliphatic rings. The Kier molecular flexibility index (Phi) is 2.33. The van der Waals surface area contributed by atoms with Gasteiger partial charge in [0.2, 0.25) is 11.0 Å². The molecule has 0 N–H and O–H groups in total. The van der Waals surface area contributed by atoms with Gasteiger partial charge in [-0.25, -0.2) is 30.0 Å². The van der Waals surface area contributed by atoms with E-state index < -0.39 is 37.2 Å². The summed E-state index contributed by atoms with van der Waals surface area (Å²) in [5.74, 6) is 0. The number of nitrogens with zero attached hydrogens (tertiary/aromatic N) is 1. The molecule has 0 bridgehead atoms. The molecule has 0 aromatic carbocycles. The van der Waals surface area contributed by atoms with E-state index in [0.29, 0.717) is 0 Å². The molecule has 0 aromatic rings. The fourth-order valence-electron chi connectivity index (χ4n) is 0.675. The summed E-state index contributed by atoms with van der Waals surface area (Å²) in [5.41, 5.74) is -6.52. The number of sulfonamides is 2. The smallest absolute Gasteiger partial charge is 0.219 e. The van der Waals surface area contributed by atoms with E-state index in [1.54, 1.807) is 0 Å². The lowest BCUT2D eigenvalue weighted by Crippen LogP contribution is -2.43. The molecular weight excluding hydrogens is 235 g/mol. The van der Waals surface area contributed by atoms with Gasteiger partial charge in [-0.15, -0.1) is 0 Å².